The van der Waals surface area contributed by atoms with Gasteiger partial charge in [0.1, 0.15) is 5.82 Å². The van der Waals surface area contributed by atoms with Crippen LogP contribution in [-0.2, 0) is 10.7 Å². The zero-order valence-corrected chi connectivity index (χ0v) is 23.4. The van der Waals surface area contributed by atoms with E-state index in [0.717, 1.165) is 31.0 Å². The van der Waals surface area contributed by atoms with Crippen LogP contribution in [0.25, 0.3) is 0 Å². The number of amides is 2. The number of halogens is 3. The van der Waals surface area contributed by atoms with Crippen LogP contribution in [-0.4, -0.2) is 29.3 Å². The standard InChI is InChI=1S/C33H36F3N3O2/c1-21-8-5-14-28(34)29(21)32(41)39-19-7-13-27(31(40)38-26-12-6-9-23(20-26)33(2,35)36)30(39)22-15-17-25(18-16-22)37-24-10-3-4-11-24/h5-6,8-9,12,14-18,20,24,27,30,37H,3-4,7,10-11,13,19H2,1-2H3,(H,38,40). The van der Waals surface area contributed by atoms with E-state index in [1.165, 1.54) is 37.1 Å². The lowest BCUT2D eigenvalue weighted by molar-refractivity contribution is -0.123. The van der Waals surface area contributed by atoms with Crippen LogP contribution in [0.5, 0.6) is 0 Å². The van der Waals surface area contributed by atoms with Gasteiger partial charge in [-0.05, 0) is 74.1 Å². The molecule has 2 atom stereocenters. The van der Waals surface area contributed by atoms with Crippen molar-refractivity contribution < 1.29 is 22.8 Å². The fraction of sp³-hybridized carbons (Fsp3) is 0.394. The summed E-state index contributed by atoms with van der Waals surface area (Å²) in [7, 11) is 0. The van der Waals surface area contributed by atoms with E-state index < -0.39 is 29.6 Å². The first-order chi connectivity index (χ1) is 19.6. The number of carbonyl (C=O) groups is 2. The lowest BCUT2D eigenvalue weighted by Crippen LogP contribution is -2.46. The van der Waals surface area contributed by atoms with Gasteiger partial charge in [0.25, 0.3) is 11.8 Å². The second-order valence-electron chi connectivity index (χ2n) is 11.3. The number of rotatable bonds is 7. The van der Waals surface area contributed by atoms with Crippen LogP contribution in [0, 0.1) is 18.7 Å². The first-order valence-corrected chi connectivity index (χ1v) is 14.3. The van der Waals surface area contributed by atoms with Gasteiger partial charge in [0.2, 0.25) is 5.91 Å². The summed E-state index contributed by atoms with van der Waals surface area (Å²) in [5, 5.41) is 6.37. The van der Waals surface area contributed by atoms with Crippen LogP contribution >= 0.6 is 0 Å². The van der Waals surface area contributed by atoms with E-state index in [1.807, 2.05) is 24.3 Å². The van der Waals surface area contributed by atoms with Crippen LogP contribution in [0.2, 0.25) is 0 Å². The average molecular weight is 564 g/mol. The first-order valence-electron chi connectivity index (χ1n) is 14.3. The third-order valence-corrected chi connectivity index (χ3v) is 8.28. The molecule has 41 heavy (non-hydrogen) atoms. The Morgan fingerprint density at radius 3 is 2.29 bits per heavy atom. The van der Waals surface area contributed by atoms with Gasteiger partial charge in [-0.2, -0.15) is 0 Å². The molecule has 2 amide bonds. The molecule has 0 radical (unpaired) electrons. The maximum absolute atomic E-state index is 14.9. The fourth-order valence-electron chi connectivity index (χ4n) is 6.14. The number of likely N-dealkylation sites (tertiary alicyclic amines) is 1. The monoisotopic (exact) mass is 563 g/mol. The summed E-state index contributed by atoms with van der Waals surface area (Å²) in [6, 6.07) is 17.7. The summed E-state index contributed by atoms with van der Waals surface area (Å²) in [6.45, 7) is 2.87. The lowest BCUT2D eigenvalue weighted by atomic mass is 9.83. The summed E-state index contributed by atoms with van der Waals surface area (Å²) < 4.78 is 42.8. The molecule has 0 aromatic heterocycles. The van der Waals surface area contributed by atoms with Gasteiger partial charge in [-0.25, -0.2) is 13.2 Å². The largest absolute Gasteiger partial charge is 0.382 e. The van der Waals surface area contributed by atoms with Gasteiger partial charge in [0, 0.05) is 36.4 Å². The van der Waals surface area contributed by atoms with Crippen molar-refractivity contribution in [3.8, 4) is 0 Å². The number of hydrogen-bond acceptors (Lipinski definition) is 3. The van der Waals surface area contributed by atoms with E-state index in [1.54, 1.807) is 30.0 Å². The van der Waals surface area contributed by atoms with Crippen molar-refractivity contribution in [2.24, 2.45) is 5.92 Å². The molecular weight excluding hydrogens is 527 g/mol. The minimum atomic E-state index is -3.05. The maximum Gasteiger partial charge on any atom is 0.270 e. The Bertz CT molecular complexity index is 1380. The number of alkyl halides is 2. The third kappa shape index (κ3) is 6.42. The minimum Gasteiger partial charge on any atom is -0.382 e. The molecule has 2 unspecified atom stereocenters. The molecule has 3 aromatic rings. The molecular formula is C33H36F3N3O2. The molecule has 2 fully saturated rings. The van der Waals surface area contributed by atoms with E-state index in [9.17, 15) is 22.8 Å². The highest BCUT2D eigenvalue weighted by atomic mass is 19.3. The van der Waals surface area contributed by atoms with Crippen molar-refractivity contribution in [1.29, 1.82) is 0 Å². The fourth-order valence-corrected chi connectivity index (χ4v) is 6.14. The van der Waals surface area contributed by atoms with Crippen LogP contribution in [0.3, 0.4) is 0 Å². The van der Waals surface area contributed by atoms with Crippen LogP contribution in [0.15, 0.2) is 66.7 Å². The Kier molecular flexibility index (Phi) is 8.38. The Balaban J connectivity index is 1.47. The molecule has 5 rings (SSSR count). The molecule has 0 spiro atoms. The topological polar surface area (TPSA) is 61.4 Å². The normalized spacial score (nSPS) is 19.7. The number of hydrogen-bond donors (Lipinski definition) is 2. The lowest BCUT2D eigenvalue weighted by Gasteiger charge is -2.41. The van der Waals surface area contributed by atoms with Crippen molar-refractivity contribution in [2.75, 3.05) is 17.2 Å². The van der Waals surface area contributed by atoms with E-state index in [4.69, 9.17) is 0 Å². The number of anilines is 2. The third-order valence-electron chi connectivity index (χ3n) is 8.28. The van der Waals surface area contributed by atoms with Gasteiger partial charge < -0.3 is 15.5 Å². The molecule has 1 aliphatic carbocycles. The highest BCUT2D eigenvalue weighted by molar-refractivity contribution is 5.98. The minimum absolute atomic E-state index is 0.00374. The number of aryl methyl sites for hydroxylation is 1. The van der Waals surface area contributed by atoms with Gasteiger partial charge in [-0.3, -0.25) is 9.59 Å². The molecule has 216 valence electrons. The quantitative estimate of drug-likeness (QED) is 0.308. The molecule has 1 saturated carbocycles. The summed E-state index contributed by atoms with van der Waals surface area (Å²) in [4.78, 5) is 29.2. The predicted molar refractivity (Wildman–Crippen MR) is 155 cm³/mol. The van der Waals surface area contributed by atoms with E-state index in [-0.39, 0.29) is 22.7 Å². The summed E-state index contributed by atoms with van der Waals surface area (Å²) in [5.41, 5.74) is 2.31. The van der Waals surface area contributed by atoms with Crippen molar-refractivity contribution in [3.05, 3.63) is 94.8 Å². The van der Waals surface area contributed by atoms with Crippen LogP contribution in [0.1, 0.15) is 78.5 Å². The van der Waals surface area contributed by atoms with Crippen molar-refractivity contribution in [2.45, 2.75) is 70.4 Å². The van der Waals surface area contributed by atoms with Gasteiger partial charge >= 0.3 is 0 Å². The second kappa shape index (κ2) is 12.0. The molecule has 0 bridgehead atoms. The molecule has 2 N–H and O–H groups in total. The van der Waals surface area contributed by atoms with Gasteiger partial charge in [-0.15, -0.1) is 0 Å². The number of piperidine rings is 1. The van der Waals surface area contributed by atoms with Crippen molar-refractivity contribution in [3.63, 3.8) is 0 Å². The molecule has 2 aliphatic rings. The van der Waals surface area contributed by atoms with E-state index in [2.05, 4.69) is 10.6 Å². The zero-order chi connectivity index (χ0) is 29.1. The van der Waals surface area contributed by atoms with Gasteiger partial charge in [0.05, 0.1) is 17.5 Å². The zero-order valence-electron chi connectivity index (χ0n) is 23.4. The average Bonchev–Trinajstić information content (AvgIpc) is 3.46. The van der Waals surface area contributed by atoms with Crippen molar-refractivity contribution >= 4 is 23.2 Å². The number of carbonyl (C=O) groups excluding carboxylic acids is 2. The number of nitrogens with one attached hydrogen (secondary N) is 2. The smallest absolute Gasteiger partial charge is 0.270 e. The second-order valence-corrected chi connectivity index (χ2v) is 11.3. The Morgan fingerprint density at radius 1 is 0.902 bits per heavy atom. The summed E-state index contributed by atoms with van der Waals surface area (Å²) in [5.74, 6) is -5.16. The van der Waals surface area contributed by atoms with Crippen molar-refractivity contribution in [1.82, 2.24) is 4.90 Å². The molecule has 1 heterocycles. The molecule has 1 saturated heterocycles. The molecule has 8 heteroatoms. The summed E-state index contributed by atoms with van der Waals surface area (Å²) >= 11 is 0. The van der Waals surface area contributed by atoms with Gasteiger partial charge in [0.15, 0.2) is 0 Å². The highest BCUT2D eigenvalue weighted by Gasteiger charge is 2.40. The Labute approximate surface area is 239 Å². The first kappa shape index (κ1) is 28.7. The molecule has 5 nitrogen and oxygen atoms in total. The highest BCUT2D eigenvalue weighted by Crippen LogP contribution is 2.39. The van der Waals surface area contributed by atoms with E-state index >= 15 is 0 Å². The van der Waals surface area contributed by atoms with Crippen LogP contribution < -0.4 is 10.6 Å². The molecule has 3 aromatic carbocycles. The van der Waals surface area contributed by atoms with Crippen LogP contribution in [0.4, 0.5) is 24.5 Å². The summed E-state index contributed by atoms with van der Waals surface area (Å²) in [6.07, 6.45) is 5.70. The molecule has 1 aliphatic heterocycles. The number of nitrogens with zero attached hydrogens (tertiary/aromatic N) is 1. The maximum atomic E-state index is 14.9. The van der Waals surface area contributed by atoms with Gasteiger partial charge in [-0.1, -0.05) is 49.2 Å². The number of benzene rings is 3. The predicted octanol–water partition coefficient (Wildman–Crippen LogP) is 7.83. The SMILES string of the molecule is Cc1cccc(F)c1C(=O)N1CCCC(C(=O)Nc2cccc(C(C)(F)F)c2)C1c1ccc(NC2CCCC2)cc1. The van der Waals surface area contributed by atoms with E-state index in [0.29, 0.717) is 31.0 Å². The Morgan fingerprint density at radius 2 is 1.61 bits per heavy atom. The Hall–Kier alpha value is -3.81.